The van der Waals surface area contributed by atoms with Crippen LogP contribution >= 0.6 is 0 Å². The van der Waals surface area contributed by atoms with Crippen molar-refractivity contribution in [3.05, 3.63) is 65.1 Å². The maximum Gasteiger partial charge on any atom is 0.335 e. The molecule has 0 unspecified atom stereocenters. The Morgan fingerprint density at radius 3 is 2.55 bits per heavy atom. The Morgan fingerprint density at radius 2 is 1.86 bits per heavy atom. The van der Waals surface area contributed by atoms with Gasteiger partial charge < -0.3 is 5.11 Å². The van der Waals surface area contributed by atoms with Gasteiger partial charge in [-0.1, -0.05) is 18.2 Å². The summed E-state index contributed by atoms with van der Waals surface area (Å²) in [5.41, 5.74) is 3.62. The van der Waals surface area contributed by atoms with Gasteiger partial charge in [0.05, 0.1) is 11.1 Å². The summed E-state index contributed by atoms with van der Waals surface area (Å²) in [5.74, 6) is -1.35. The van der Waals surface area contributed by atoms with Gasteiger partial charge >= 0.3 is 5.97 Å². The molecule has 0 radical (unpaired) electrons. The van der Waals surface area contributed by atoms with E-state index in [4.69, 9.17) is 0 Å². The minimum atomic E-state index is -1.01. The van der Waals surface area contributed by atoms with Crippen LogP contribution in [-0.4, -0.2) is 16.1 Å². The normalized spacial score (nSPS) is 10.9. The van der Waals surface area contributed by atoms with Crippen molar-refractivity contribution < 1.29 is 14.3 Å². The number of nitrogens with zero attached hydrogens (tertiary/aromatic N) is 1. The van der Waals surface area contributed by atoms with Crippen LogP contribution in [0.4, 0.5) is 4.39 Å². The molecule has 0 saturated carbocycles. The second-order valence-electron chi connectivity index (χ2n) is 5.21. The minimum Gasteiger partial charge on any atom is -0.478 e. The van der Waals surface area contributed by atoms with Crippen molar-refractivity contribution in [2.75, 3.05) is 0 Å². The lowest BCUT2D eigenvalue weighted by Gasteiger charge is -2.14. The summed E-state index contributed by atoms with van der Waals surface area (Å²) in [4.78, 5) is 15.7. The van der Waals surface area contributed by atoms with E-state index in [1.165, 1.54) is 12.1 Å². The molecule has 0 atom stereocenters. The van der Waals surface area contributed by atoms with Crippen molar-refractivity contribution in [2.45, 2.75) is 13.8 Å². The maximum atomic E-state index is 14.2. The quantitative estimate of drug-likeness (QED) is 0.764. The first-order valence-corrected chi connectivity index (χ1v) is 6.88. The Morgan fingerprint density at radius 1 is 1.14 bits per heavy atom. The second kappa shape index (κ2) is 5.22. The zero-order valence-corrected chi connectivity index (χ0v) is 12.2. The van der Waals surface area contributed by atoms with Crippen LogP contribution in [0.1, 0.15) is 21.6 Å². The van der Waals surface area contributed by atoms with Gasteiger partial charge in [-0.2, -0.15) is 0 Å². The van der Waals surface area contributed by atoms with E-state index < -0.39 is 5.97 Å². The van der Waals surface area contributed by atoms with Crippen LogP contribution < -0.4 is 0 Å². The fourth-order valence-corrected chi connectivity index (χ4v) is 2.63. The fourth-order valence-electron chi connectivity index (χ4n) is 2.63. The number of hydrogen-bond acceptors (Lipinski definition) is 2. The Bertz CT molecular complexity index is 903. The molecule has 0 fully saturated rings. The van der Waals surface area contributed by atoms with E-state index in [0.717, 1.165) is 11.3 Å². The number of carboxylic acids is 1. The number of fused-ring (bicyclic) bond motifs is 1. The lowest BCUT2D eigenvalue weighted by Crippen LogP contribution is -2.00. The lowest BCUT2D eigenvalue weighted by atomic mass is 9.94. The first-order chi connectivity index (χ1) is 10.5. The molecule has 2 aromatic carbocycles. The van der Waals surface area contributed by atoms with Crippen molar-refractivity contribution in [3.8, 4) is 11.1 Å². The number of aryl methyl sites for hydroxylation is 1. The average molecular weight is 295 g/mol. The zero-order valence-electron chi connectivity index (χ0n) is 12.2. The number of carbonyl (C=O) groups is 1. The summed E-state index contributed by atoms with van der Waals surface area (Å²) in [6.07, 6.45) is 0. The molecular weight excluding hydrogens is 281 g/mol. The lowest BCUT2D eigenvalue weighted by molar-refractivity contribution is 0.0697. The second-order valence-corrected chi connectivity index (χ2v) is 5.21. The predicted octanol–water partition coefficient (Wildman–Crippen LogP) is 4.36. The van der Waals surface area contributed by atoms with E-state index in [1.807, 2.05) is 13.8 Å². The third-order valence-corrected chi connectivity index (χ3v) is 3.86. The van der Waals surface area contributed by atoms with Gasteiger partial charge in [0.25, 0.3) is 0 Å². The number of pyridine rings is 1. The van der Waals surface area contributed by atoms with E-state index in [1.54, 1.807) is 30.3 Å². The molecule has 22 heavy (non-hydrogen) atoms. The van der Waals surface area contributed by atoms with E-state index in [9.17, 15) is 14.3 Å². The molecule has 0 saturated heterocycles. The van der Waals surface area contributed by atoms with Gasteiger partial charge in [-0.15, -0.1) is 0 Å². The molecule has 1 aromatic heterocycles. The number of carboxylic acid groups (broad SMARTS) is 1. The molecule has 0 aliphatic rings. The van der Waals surface area contributed by atoms with Crippen molar-refractivity contribution in [1.29, 1.82) is 0 Å². The number of aromatic nitrogens is 1. The summed E-state index contributed by atoms with van der Waals surface area (Å²) >= 11 is 0. The predicted molar refractivity (Wildman–Crippen MR) is 83.6 cm³/mol. The molecule has 0 amide bonds. The van der Waals surface area contributed by atoms with Gasteiger partial charge in [0.1, 0.15) is 5.82 Å². The van der Waals surface area contributed by atoms with Crippen LogP contribution in [0.25, 0.3) is 22.0 Å². The summed E-state index contributed by atoms with van der Waals surface area (Å²) in [7, 11) is 0. The number of benzene rings is 2. The van der Waals surface area contributed by atoms with Crippen molar-refractivity contribution in [3.63, 3.8) is 0 Å². The standard InChI is InChI=1S/C18H14FNO2/c1-10-11(2)20-16-8-7-12(18(21)22)9-14(16)17(10)13-5-3-4-6-15(13)19/h3-9H,1-2H3,(H,21,22). The van der Waals surface area contributed by atoms with Crippen LogP contribution in [-0.2, 0) is 0 Å². The first-order valence-electron chi connectivity index (χ1n) is 6.88. The molecule has 4 heteroatoms. The maximum absolute atomic E-state index is 14.2. The topological polar surface area (TPSA) is 50.2 Å². The van der Waals surface area contributed by atoms with Crippen LogP contribution in [0.3, 0.4) is 0 Å². The number of hydrogen-bond donors (Lipinski definition) is 1. The van der Waals surface area contributed by atoms with E-state index >= 15 is 0 Å². The van der Waals surface area contributed by atoms with E-state index in [-0.39, 0.29) is 11.4 Å². The third-order valence-electron chi connectivity index (χ3n) is 3.86. The van der Waals surface area contributed by atoms with E-state index in [0.29, 0.717) is 22.0 Å². The molecule has 110 valence electrons. The highest BCUT2D eigenvalue weighted by molar-refractivity contribution is 6.01. The molecule has 0 aliphatic carbocycles. The Hall–Kier alpha value is -2.75. The van der Waals surface area contributed by atoms with Gasteiger partial charge in [0.2, 0.25) is 0 Å². The highest BCUT2D eigenvalue weighted by Crippen LogP contribution is 2.34. The highest BCUT2D eigenvalue weighted by atomic mass is 19.1. The number of rotatable bonds is 2. The highest BCUT2D eigenvalue weighted by Gasteiger charge is 2.16. The van der Waals surface area contributed by atoms with Crippen molar-refractivity contribution in [2.24, 2.45) is 0 Å². The van der Waals surface area contributed by atoms with Gasteiger partial charge in [-0.3, -0.25) is 4.98 Å². The SMILES string of the molecule is Cc1nc2ccc(C(=O)O)cc2c(-c2ccccc2F)c1C. The van der Waals surface area contributed by atoms with Crippen molar-refractivity contribution in [1.82, 2.24) is 4.98 Å². The zero-order chi connectivity index (χ0) is 15.9. The van der Waals surface area contributed by atoms with Gasteiger partial charge in [0.15, 0.2) is 0 Å². The summed E-state index contributed by atoms with van der Waals surface area (Å²) in [6.45, 7) is 3.74. The third kappa shape index (κ3) is 2.22. The smallest absolute Gasteiger partial charge is 0.335 e. The number of halogens is 1. The number of aromatic carboxylic acids is 1. The molecule has 1 heterocycles. The van der Waals surface area contributed by atoms with Gasteiger partial charge in [0, 0.05) is 16.6 Å². The summed E-state index contributed by atoms with van der Waals surface area (Å²) < 4.78 is 14.2. The Kier molecular flexibility index (Phi) is 3.37. The molecule has 0 spiro atoms. The molecule has 3 rings (SSSR count). The first kappa shape index (κ1) is 14.2. The van der Waals surface area contributed by atoms with Crippen molar-refractivity contribution >= 4 is 16.9 Å². The van der Waals surface area contributed by atoms with E-state index in [2.05, 4.69) is 4.98 Å². The van der Waals surface area contributed by atoms with Crippen LogP contribution in [0, 0.1) is 19.7 Å². The largest absolute Gasteiger partial charge is 0.478 e. The molecule has 3 nitrogen and oxygen atoms in total. The molecule has 0 aliphatic heterocycles. The molecule has 3 aromatic rings. The fraction of sp³-hybridized carbons (Fsp3) is 0.111. The Labute approximate surface area is 127 Å². The van der Waals surface area contributed by atoms with Crippen LogP contribution in [0.5, 0.6) is 0 Å². The minimum absolute atomic E-state index is 0.162. The van der Waals surface area contributed by atoms with Gasteiger partial charge in [-0.25, -0.2) is 9.18 Å². The van der Waals surface area contributed by atoms with Crippen LogP contribution in [0.2, 0.25) is 0 Å². The monoisotopic (exact) mass is 295 g/mol. The van der Waals surface area contributed by atoms with Gasteiger partial charge in [-0.05, 0) is 49.2 Å². The average Bonchev–Trinajstić information content (AvgIpc) is 2.49. The molecular formula is C18H14FNO2. The Balaban J connectivity index is 2.45. The molecule has 1 N–H and O–H groups in total. The molecule has 0 bridgehead atoms. The summed E-state index contributed by atoms with van der Waals surface area (Å²) in [5, 5.41) is 9.84. The summed E-state index contributed by atoms with van der Waals surface area (Å²) in [6, 6.07) is 11.2. The van der Waals surface area contributed by atoms with Crippen LogP contribution in [0.15, 0.2) is 42.5 Å².